The quantitative estimate of drug-likeness (QED) is 0.250. The van der Waals surface area contributed by atoms with Crippen LogP contribution in [-0.4, -0.2) is 103 Å². The standard InChI is InChI=1S/C18H17B4F5N4O2.C6H7N3O2.C3H6/c1-14(2,18(25,26)27)33-6-5-12-28-10-4-3-9(7-11(10)29-12)8-31-13(32)30-16(19,20)15(23,24)17(31,21)22;7-6(10)5-4(3-1-2-3)8-11-9-5;1-2-3-1/h3-4,7H,5-6,8H2,1-2H3,(H,28,29)(H,30,32);3H,1-2H2,(H2,7,10);1-3H2. The van der Waals surface area contributed by atoms with Crippen molar-refractivity contribution in [1.29, 1.82) is 0 Å². The van der Waals surface area contributed by atoms with E-state index in [1.807, 2.05) is 0 Å². The number of aromatic amines is 1. The molecule has 0 bridgehead atoms. The summed E-state index contributed by atoms with van der Waals surface area (Å²) in [4.78, 5) is 30.6. The molecule has 47 heavy (non-hydrogen) atoms. The van der Waals surface area contributed by atoms with Crippen LogP contribution in [0.5, 0.6) is 0 Å². The predicted molar refractivity (Wildman–Crippen MR) is 162 cm³/mol. The molecule has 1 aromatic carbocycles. The van der Waals surface area contributed by atoms with Crippen LogP contribution in [0.4, 0.5) is 26.7 Å². The Kier molecular flexibility index (Phi) is 10.2. The summed E-state index contributed by atoms with van der Waals surface area (Å²) in [6.07, 6.45) is 2.14. The zero-order chi connectivity index (χ0) is 35.0. The number of alkyl halides is 5. The fraction of sp³-hybridized carbons (Fsp3) is 0.593. The lowest BCUT2D eigenvalue weighted by atomic mass is 9.43. The van der Waals surface area contributed by atoms with Crippen molar-refractivity contribution in [2.24, 2.45) is 5.73 Å². The van der Waals surface area contributed by atoms with E-state index in [4.69, 9.17) is 41.9 Å². The maximum atomic E-state index is 14.6. The van der Waals surface area contributed by atoms with Crippen molar-refractivity contribution >= 4 is 54.4 Å². The lowest BCUT2D eigenvalue weighted by molar-refractivity contribution is -0.263. The van der Waals surface area contributed by atoms with E-state index in [0.29, 0.717) is 38.9 Å². The van der Waals surface area contributed by atoms with E-state index in [-0.39, 0.29) is 18.7 Å². The highest BCUT2D eigenvalue weighted by Gasteiger charge is 2.62. The number of rotatable bonds is 8. The summed E-state index contributed by atoms with van der Waals surface area (Å²) in [5, 5.41) is 2.87. The van der Waals surface area contributed by atoms with E-state index in [9.17, 15) is 31.5 Å². The van der Waals surface area contributed by atoms with Crippen LogP contribution in [0.3, 0.4) is 0 Å². The normalized spacial score (nSPS) is 19.6. The third-order valence-corrected chi connectivity index (χ3v) is 7.51. The number of H-pyrrole nitrogens is 1. The van der Waals surface area contributed by atoms with Crippen molar-refractivity contribution in [3.8, 4) is 0 Å². The number of benzene rings is 1. The Morgan fingerprint density at radius 2 is 1.77 bits per heavy atom. The average molecular weight is 655 g/mol. The van der Waals surface area contributed by atoms with Gasteiger partial charge in [-0.15, -0.1) is 0 Å². The van der Waals surface area contributed by atoms with Crippen molar-refractivity contribution < 1.29 is 40.9 Å². The van der Waals surface area contributed by atoms with E-state index in [2.05, 4.69) is 24.9 Å². The number of nitrogens with two attached hydrogens (primary N) is 1. The van der Waals surface area contributed by atoms with Crippen LogP contribution in [0.2, 0.25) is 0 Å². The van der Waals surface area contributed by atoms with Gasteiger partial charge >= 0.3 is 12.2 Å². The van der Waals surface area contributed by atoms with Crippen LogP contribution >= 0.6 is 0 Å². The molecule has 0 unspecified atom stereocenters. The molecule has 4 N–H and O–H groups in total. The topological polar surface area (TPSA) is 152 Å². The molecular formula is C27H30B4F5N7O4. The van der Waals surface area contributed by atoms with Crippen molar-refractivity contribution in [2.75, 3.05) is 6.61 Å². The molecule has 3 aliphatic rings. The second kappa shape index (κ2) is 13.2. The molecule has 6 rings (SSSR count). The van der Waals surface area contributed by atoms with Crippen molar-refractivity contribution in [1.82, 2.24) is 30.5 Å². The molecule has 20 heteroatoms. The summed E-state index contributed by atoms with van der Waals surface area (Å²) in [5.41, 5.74) is 4.80. The van der Waals surface area contributed by atoms with E-state index < -0.39 is 46.9 Å². The molecule has 3 heterocycles. The number of carbonyl (C=O) groups excluding carboxylic acids is 2. The Balaban J connectivity index is 0.000000290. The van der Waals surface area contributed by atoms with E-state index in [0.717, 1.165) is 26.7 Å². The number of ether oxygens (including phenoxy) is 1. The Labute approximate surface area is 272 Å². The van der Waals surface area contributed by atoms with Crippen LogP contribution in [0, 0.1) is 0 Å². The van der Waals surface area contributed by atoms with Crippen molar-refractivity contribution in [3.05, 3.63) is 41.0 Å². The lowest BCUT2D eigenvalue weighted by Gasteiger charge is -2.56. The number of hydrogen-bond acceptors (Lipinski definition) is 7. The van der Waals surface area contributed by atoms with Gasteiger partial charge in [0.2, 0.25) is 0 Å². The zero-order valence-electron chi connectivity index (χ0n) is 25.7. The second-order valence-electron chi connectivity index (χ2n) is 12.1. The number of primary amides is 1. The first-order valence-corrected chi connectivity index (χ1v) is 14.6. The molecule has 3 aromatic rings. The predicted octanol–water partition coefficient (Wildman–Crippen LogP) is 2.82. The Hall–Kier alpha value is -3.56. The monoisotopic (exact) mass is 655 g/mol. The first-order valence-electron chi connectivity index (χ1n) is 14.6. The molecule has 3 fully saturated rings. The molecule has 2 aliphatic carbocycles. The molecule has 0 spiro atoms. The molecule has 2 aromatic heterocycles. The number of aromatic nitrogens is 4. The average Bonchev–Trinajstić information content (AvgIpc) is 3.90. The van der Waals surface area contributed by atoms with Gasteiger partial charge in [-0.05, 0) is 49.5 Å². The lowest BCUT2D eigenvalue weighted by Crippen LogP contribution is -2.82. The number of nitrogens with zero attached hydrogens (tertiary/aromatic N) is 4. The fourth-order valence-electron chi connectivity index (χ4n) is 4.18. The number of imidazole rings is 1. The summed E-state index contributed by atoms with van der Waals surface area (Å²) >= 11 is 0. The number of urea groups is 1. The fourth-order valence-corrected chi connectivity index (χ4v) is 4.18. The molecule has 244 valence electrons. The van der Waals surface area contributed by atoms with Gasteiger partial charge in [-0.2, -0.15) is 13.2 Å². The largest absolute Gasteiger partial charge is 0.416 e. The van der Waals surface area contributed by atoms with Gasteiger partial charge in [0.05, 0.1) is 49.0 Å². The molecular weight excluding hydrogens is 625 g/mol. The number of hydrogen-bond donors (Lipinski definition) is 3. The van der Waals surface area contributed by atoms with Gasteiger partial charge < -0.3 is 25.7 Å². The van der Waals surface area contributed by atoms with Gasteiger partial charge in [0.1, 0.15) is 11.5 Å². The number of fused-ring (bicyclic) bond motifs is 1. The van der Waals surface area contributed by atoms with E-state index in [1.54, 1.807) is 5.32 Å². The molecule has 2 saturated carbocycles. The number of nitrogens with one attached hydrogen (secondary N) is 2. The minimum absolute atomic E-state index is 0.0636. The highest BCUT2D eigenvalue weighted by Crippen LogP contribution is 2.41. The summed E-state index contributed by atoms with van der Waals surface area (Å²) in [6.45, 7) is 1.18. The van der Waals surface area contributed by atoms with Gasteiger partial charge in [-0.25, -0.2) is 23.2 Å². The zero-order valence-corrected chi connectivity index (χ0v) is 25.7. The Bertz CT molecular complexity index is 1590. The highest BCUT2D eigenvalue weighted by molar-refractivity contribution is 6.48. The van der Waals surface area contributed by atoms with Gasteiger partial charge in [0.25, 0.3) is 11.8 Å². The van der Waals surface area contributed by atoms with Gasteiger partial charge in [0, 0.05) is 29.6 Å². The maximum absolute atomic E-state index is 14.6. The first kappa shape index (κ1) is 36.3. The smallest absolute Gasteiger partial charge is 0.366 e. The summed E-state index contributed by atoms with van der Waals surface area (Å²) < 4.78 is 77.1. The highest BCUT2D eigenvalue weighted by atomic mass is 19.4. The summed E-state index contributed by atoms with van der Waals surface area (Å²) in [7, 11) is 21.7. The molecule has 1 saturated heterocycles. The SMILES string of the molecule is C1CC1.NC(=O)c1nonc1C1CC1.[B]C1([B])NC(=O)N(Cc2ccc3nc(CCOC(C)(C)C(F)(F)F)[nH]c3c2)C([B])([B])C1(F)F. The summed E-state index contributed by atoms with van der Waals surface area (Å²) in [5.74, 6) is -3.95. The van der Waals surface area contributed by atoms with Crippen LogP contribution < -0.4 is 11.1 Å². The van der Waals surface area contributed by atoms with Crippen LogP contribution in [0.25, 0.3) is 11.0 Å². The summed E-state index contributed by atoms with van der Waals surface area (Å²) in [6, 6.07) is 3.46. The number of carbonyl (C=O) groups is 2. The molecule has 3 amide bonds. The number of amides is 3. The van der Waals surface area contributed by atoms with Gasteiger partial charge in [-0.1, -0.05) is 30.5 Å². The van der Waals surface area contributed by atoms with Crippen molar-refractivity contribution in [3.63, 3.8) is 0 Å². The first-order chi connectivity index (χ1) is 21.7. The molecule has 1 aliphatic heterocycles. The Morgan fingerprint density at radius 3 is 2.32 bits per heavy atom. The van der Waals surface area contributed by atoms with E-state index >= 15 is 0 Å². The van der Waals surface area contributed by atoms with E-state index in [1.165, 1.54) is 37.5 Å². The van der Waals surface area contributed by atoms with Gasteiger partial charge in [0.15, 0.2) is 11.3 Å². The second-order valence-corrected chi connectivity index (χ2v) is 12.1. The van der Waals surface area contributed by atoms with Gasteiger partial charge in [-0.3, -0.25) is 4.79 Å². The van der Waals surface area contributed by atoms with Crippen LogP contribution in [0.15, 0.2) is 22.8 Å². The third kappa shape index (κ3) is 8.12. The number of halogens is 5. The molecule has 8 radical (unpaired) electrons. The minimum Gasteiger partial charge on any atom is -0.366 e. The molecule has 11 nitrogen and oxygen atoms in total. The Morgan fingerprint density at radius 1 is 1.13 bits per heavy atom. The maximum Gasteiger partial charge on any atom is 0.416 e. The third-order valence-electron chi connectivity index (χ3n) is 7.51. The van der Waals surface area contributed by atoms with Crippen LogP contribution in [0.1, 0.15) is 79.4 Å². The molecule has 0 atom stereocenters. The van der Waals surface area contributed by atoms with Crippen LogP contribution in [-0.2, 0) is 17.7 Å². The van der Waals surface area contributed by atoms with Crippen molar-refractivity contribution in [2.45, 2.75) is 93.2 Å². The minimum atomic E-state index is -4.53.